The van der Waals surface area contributed by atoms with Crippen LogP contribution in [0.3, 0.4) is 0 Å². The number of halogens is 1. The molecule has 1 N–H and O–H groups in total. The Kier molecular flexibility index (Phi) is 4.83. The minimum Gasteiger partial charge on any atom is -0.377 e. The summed E-state index contributed by atoms with van der Waals surface area (Å²) in [6, 6.07) is 5.26. The van der Waals surface area contributed by atoms with Crippen molar-refractivity contribution in [3.63, 3.8) is 0 Å². The standard InChI is InChI=1S/C13H18FNOS/c1-15-8-10-4-2-6-12(14)13(10)17-9-11-5-3-7-16-11/h2,4,6,11,15H,3,5,7-9H2,1H3. The first-order valence-corrected chi connectivity index (χ1v) is 6.96. The average molecular weight is 255 g/mol. The van der Waals surface area contributed by atoms with Crippen molar-refractivity contribution in [1.29, 1.82) is 0 Å². The van der Waals surface area contributed by atoms with Gasteiger partial charge in [-0.2, -0.15) is 0 Å². The van der Waals surface area contributed by atoms with Gasteiger partial charge in [-0.25, -0.2) is 4.39 Å². The van der Waals surface area contributed by atoms with Gasteiger partial charge < -0.3 is 10.1 Å². The maximum atomic E-state index is 13.8. The second-order valence-electron chi connectivity index (χ2n) is 4.20. The van der Waals surface area contributed by atoms with Crippen LogP contribution in [-0.2, 0) is 11.3 Å². The Balaban J connectivity index is 2.02. The predicted octanol–water partition coefficient (Wildman–Crippen LogP) is 2.82. The molecule has 0 radical (unpaired) electrons. The SMILES string of the molecule is CNCc1cccc(F)c1SCC1CCCO1. The van der Waals surface area contributed by atoms with Crippen molar-refractivity contribution in [1.82, 2.24) is 5.32 Å². The summed E-state index contributed by atoms with van der Waals surface area (Å²) in [7, 11) is 1.87. The Morgan fingerprint density at radius 2 is 2.41 bits per heavy atom. The van der Waals surface area contributed by atoms with Crippen molar-refractivity contribution in [2.24, 2.45) is 0 Å². The molecule has 1 aliphatic rings. The Morgan fingerprint density at radius 1 is 1.53 bits per heavy atom. The number of nitrogens with one attached hydrogen (secondary N) is 1. The van der Waals surface area contributed by atoms with E-state index in [1.54, 1.807) is 17.8 Å². The minimum absolute atomic E-state index is 0.124. The molecule has 4 heteroatoms. The predicted molar refractivity (Wildman–Crippen MR) is 68.9 cm³/mol. The summed E-state index contributed by atoms with van der Waals surface area (Å²) >= 11 is 1.57. The monoisotopic (exact) mass is 255 g/mol. The summed E-state index contributed by atoms with van der Waals surface area (Å²) in [4.78, 5) is 0.761. The molecule has 2 rings (SSSR count). The fourth-order valence-corrected chi connectivity index (χ4v) is 3.14. The number of thioether (sulfide) groups is 1. The van der Waals surface area contributed by atoms with E-state index in [0.29, 0.717) is 12.6 Å². The van der Waals surface area contributed by atoms with Gasteiger partial charge in [0, 0.05) is 23.8 Å². The van der Waals surface area contributed by atoms with Crippen LogP contribution in [-0.4, -0.2) is 25.5 Å². The molecule has 0 aliphatic carbocycles. The normalized spacial score (nSPS) is 19.8. The molecule has 0 amide bonds. The van der Waals surface area contributed by atoms with Gasteiger partial charge in [-0.3, -0.25) is 0 Å². The van der Waals surface area contributed by atoms with Crippen LogP contribution in [0.2, 0.25) is 0 Å². The lowest BCUT2D eigenvalue weighted by molar-refractivity contribution is 0.129. The molecular formula is C13H18FNOS. The Morgan fingerprint density at radius 3 is 3.12 bits per heavy atom. The van der Waals surface area contributed by atoms with Crippen molar-refractivity contribution in [3.8, 4) is 0 Å². The van der Waals surface area contributed by atoms with Crippen LogP contribution >= 0.6 is 11.8 Å². The van der Waals surface area contributed by atoms with E-state index in [4.69, 9.17) is 4.74 Å². The molecule has 1 atom stereocenters. The van der Waals surface area contributed by atoms with Gasteiger partial charge in [0.2, 0.25) is 0 Å². The van der Waals surface area contributed by atoms with E-state index in [0.717, 1.165) is 35.7 Å². The van der Waals surface area contributed by atoms with Crippen molar-refractivity contribution in [2.45, 2.75) is 30.4 Å². The molecule has 0 aromatic heterocycles. The van der Waals surface area contributed by atoms with Gasteiger partial charge in [0.25, 0.3) is 0 Å². The van der Waals surface area contributed by atoms with Gasteiger partial charge in [-0.15, -0.1) is 11.8 Å². The molecule has 1 aromatic carbocycles. The third kappa shape index (κ3) is 3.44. The maximum absolute atomic E-state index is 13.8. The van der Waals surface area contributed by atoms with Gasteiger partial charge in [0.15, 0.2) is 0 Å². The van der Waals surface area contributed by atoms with Gasteiger partial charge >= 0.3 is 0 Å². The fourth-order valence-electron chi connectivity index (χ4n) is 2.00. The van der Waals surface area contributed by atoms with Crippen LogP contribution in [0.25, 0.3) is 0 Å². The van der Waals surface area contributed by atoms with E-state index in [-0.39, 0.29) is 5.82 Å². The topological polar surface area (TPSA) is 21.3 Å². The Bertz CT molecular complexity index is 366. The highest BCUT2D eigenvalue weighted by molar-refractivity contribution is 7.99. The minimum atomic E-state index is -0.124. The van der Waals surface area contributed by atoms with E-state index in [1.807, 2.05) is 13.1 Å². The summed E-state index contributed by atoms with van der Waals surface area (Å²) in [5, 5.41) is 3.07. The highest BCUT2D eigenvalue weighted by Gasteiger charge is 2.17. The van der Waals surface area contributed by atoms with E-state index < -0.39 is 0 Å². The van der Waals surface area contributed by atoms with E-state index in [1.165, 1.54) is 6.07 Å². The van der Waals surface area contributed by atoms with Crippen LogP contribution in [0.15, 0.2) is 23.1 Å². The smallest absolute Gasteiger partial charge is 0.137 e. The molecule has 94 valence electrons. The zero-order valence-electron chi connectivity index (χ0n) is 10.0. The summed E-state index contributed by atoms with van der Waals surface area (Å²) in [6.45, 7) is 1.55. The molecule has 0 bridgehead atoms. The summed E-state index contributed by atoms with van der Waals surface area (Å²) in [5.74, 6) is 0.721. The molecule has 0 saturated carbocycles. The zero-order chi connectivity index (χ0) is 12.1. The lowest BCUT2D eigenvalue weighted by Gasteiger charge is -2.12. The van der Waals surface area contributed by atoms with Gasteiger partial charge in [0.05, 0.1) is 6.10 Å². The second-order valence-corrected chi connectivity index (χ2v) is 5.23. The third-order valence-electron chi connectivity index (χ3n) is 2.85. The number of hydrogen-bond donors (Lipinski definition) is 1. The molecule has 1 aliphatic heterocycles. The van der Waals surface area contributed by atoms with Crippen LogP contribution in [0.1, 0.15) is 18.4 Å². The highest BCUT2D eigenvalue weighted by Crippen LogP contribution is 2.29. The van der Waals surface area contributed by atoms with Crippen LogP contribution in [0, 0.1) is 5.82 Å². The van der Waals surface area contributed by atoms with Crippen LogP contribution in [0.4, 0.5) is 4.39 Å². The molecular weight excluding hydrogens is 237 g/mol. The molecule has 17 heavy (non-hydrogen) atoms. The largest absolute Gasteiger partial charge is 0.377 e. The number of hydrogen-bond acceptors (Lipinski definition) is 3. The molecule has 1 unspecified atom stereocenters. The van der Waals surface area contributed by atoms with Crippen molar-refractivity contribution >= 4 is 11.8 Å². The molecule has 1 fully saturated rings. The highest BCUT2D eigenvalue weighted by atomic mass is 32.2. The summed E-state index contributed by atoms with van der Waals surface area (Å²) < 4.78 is 19.3. The molecule has 1 aromatic rings. The van der Waals surface area contributed by atoms with Gasteiger partial charge in [0.1, 0.15) is 5.82 Å². The van der Waals surface area contributed by atoms with Crippen molar-refractivity contribution in [2.75, 3.05) is 19.4 Å². The second kappa shape index (κ2) is 6.38. The van der Waals surface area contributed by atoms with Crippen molar-refractivity contribution < 1.29 is 9.13 Å². The lowest BCUT2D eigenvalue weighted by Crippen LogP contribution is -2.10. The Labute approximate surface area is 106 Å². The fraction of sp³-hybridized carbons (Fsp3) is 0.538. The quantitative estimate of drug-likeness (QED) is 0.818. The van der Waals surface area contributed by atoms with E-state index >= 15 is 0 Å². The molecule has 1 heterocycles. The number of ether oxygens (including phenoxy) is 1. The number of benzene rings is 1. The molecule has 1 saturated heterocycles. The van der Waals surface area contributed by atoms with Crippen molar-refractivity contribution in [3.05, 3.63) is 29.6 Å². The first-order chi connectivity index (χ1) is 8.31. The first kappa shape index (κ1) is 12.9. The van der Waals surface area contributed by atoms with Crippen LogP contribution < -0.4 is 5.32 Å². The summed E-state index contributed by atoms with van der Waals surface area (Å²) in [6.07, 6.45) is 2.52. The van der Waals surface area contributed by atoms with Gasteiger partial charge in [-0.1, -0.05) is 12.1 Å². The van der Waals surface area contributed by atoms with Gasteiger partial charge in [-0.05, 0) is 31.5 Å². The summed E-state index contributed by atoms with van der Waals surface area (Å²) in [5.41, 5.74) is 1.02. The Hall–Kier alpha value is -0.580. The molecule has 0 spiro atoms. The molecule has 2 nitrogen and oxygen atoms in total. The van der Waals surface area contributed by atoms with E-state index in [9.17, 15) is 4.39 Å². The maximum Gasteiger partial charge on any atom is 0.137 e. The zero-order valence-corrected chi connectivity index (χ0v) is 10.9. The first-order valence-electron chi connectivity index (χ1n) is 5.97. The lowest BCUT2D eigenvalue weighted by atomic mass is 10.2. The average Bonchev–Trinajstić information content (AvgIpc) is 2.82. The van der Waals surface area contributed by atoms with E-state index in [2.05, 4.69) is 5.32 Å². The van der Waals surface area contributed by atoms with Crippen LogP contribution in [0.5, 0.6) is 0 Å². The third-order valence-corrected chi connectivity index (χ3v) is 4.14. The number of rotatable bonds is 5.